The van der Waals surface area contributed by atoms with Gasteiger partial charge in [0.15, 0.2) is 0 Å². The molecule has 1 saturated heterocycles. The number of nitrogens with two attached hydrogens (primary N) is 1. The van der Waals surface area contributed by atoms with Gasteiger partial charge in [0.2, 0.25) is 5.91 Å². The average Bonchev–Trinajstić information content (AvgIpc) is 2.53. The van der Waals surface area contributed by atoms with Gasteiger partial charge in [-0.1, -0.05) is 0 Å². The second-order valence-electron chi connectivity index (χ2n) is 5.39. The molecule has 0 bridgehead atoms. The van der Waals surface area contributed by atoms with Crippen LogP contribution in [0.4, 0.5) is 11.5 Å². The lowest BCUT2D eigenvalue weighted by atomic mass is 10.2. The number of carbonyl (C=O) groups excluding carboxylic acids is 1. The van der Waals surface area contributed by atoms with E-state index in [-0.39, 0.29) is 12.0 Å². The van der Waals surface area contributed by atoms with Crippen LogP contribution >= 0.6 is 0 Å². The van der Waals surface area contributed by atoms with Crippen LogP contribution in [0.25, 0.3) is 0 Å². The topological polar surface area (TPSA) is 71.7 Å². The van der Waals surface area contributed by atoms with Crippen molar-refractivity contribution >= 4 is 17.4 Å². The summed E-state index contributed by atoms with van der Waals surface area (Å²) < 4.78 is 5.18. The van der Waals surface area contributed by atoms with Crippen LogP contribution in [0.5, 0.6) is 0 Å². The monoisotopic (exact) mass is 292 g/mol. The second-order valence-corrected chi connectivity index (χ2v) is 5.39. The molecular formula is C15H24N4O2. The van der Waals surface area contributed by atoms with Crippen molar-refractivity contribution in [2.24, 2.45) is 0 Å². The van der Waals surface area contributed by atoms with Crippen molar-refractivity contribution in [1.82, 2.24) is 9.88 Å². The molecule has 1 fully saturated rings. The first-order valence-electron chi connectivity index (χ1n) is 7.37. The van der Waals surface area contributed by atoms with Crippen LogP contribution in [0.15, 0.2) is 18.3 Å². The van der Waals surface area contributed by atoms with Crippen molar-refractivity contribution in [3.63, 3.8) is 0 Å². The Morgan fingerprint density at radius 1 is 1.38 bits per heavy atom. The first-order valence-corrected chi connectivity index (χ1v) is 7.37. The summed E-state index contributed by atoms with van der Waals surface area (Å²) >= 11 is 0. The highest BCUT2D eigenvalue weighted by atomic mass is 16.5. The molecule has 1 atom stereocenters. The minimum absolute atomic E-state index is 0.135. The van der Waals surface area contributed by atoms with Gasteiger partial charge >= 0.3 is 0 Å². The molecule has 2 N–H and O–H groups in total. The van der Waals surface area contributed by atoms with Crippen LogP contribution in [0.2, 0.25) is 0 Å². The van der Waals surface area contributed by atoms with Gasteiger partial charge in [-0.25, -0.2) is 4.98 Å². The molecule has 2 rings (SSSR count). The van der Waals surface area contributed by atoms with E-state index < -0.39 is 0 Å². The van der Waals surface area contributed by atoms with Crippen molar-refractivity contribution in [2.45, 2.75) is 25.9 Å². The summed E-state index contributed by atoms with van der Waals surface area (Å²) in [5, 5.41) is 0. The van der Waals surface area contributed by atoms with E-state index in [1.54, 1.807) is 19.4 Å². The van der Waals surface area contributed by atoms with Gasteiger partial charge in [-0.2, -0.15) is 0 Å². The Labute approximate surface area is 125 Å². The van der Waals surface area contributed by atoms with Crippen LogP contribution in [-0.2, 0) is 9.53 Å². The lowest BCUT2D eigenvalue weighted by Gasteiger charge is -2.36. The van der Waals surface area contributed by atoms with E-state index in [0.717, 1.165) is 38.3 Å². The van der Waals surface area contributed by atoms with Gasteiger partial charge in [0.05, 0.1) is 18.0 Å². The van der Waals surface area contributed by atoms with E-state index in [1.807, 2.05) is 17.9 Å². The van der Waals surface area contributed by atoms with Crippen LogP contribution in [-0.4, -0.2) is 55.2 Å². The summed E-state index contributed by atoms with van der Waals surface area (Å²) in [5.74, 6) is 0.744. The first kappa shape index (κ1) is 15.6. The summed E-state index contributed by atoms with van der Waals surface area (Å²) in [6.07, 6.45) is 3.25. The molecule has 1 amide bonds. The van der Waals surface area contributed by atoms with Gasteiger partial charge in [0, 0.05) is 39.7 Å². The number of anilines is 2. The van der Waals surface area contributed by atoms with Gasteiger partial charge < -0.3 is 20.3 Å². The largest absolute Gasteiger partial charge is 0.384 e. The third-order valence-corrected chi connectivity index (χ3v) is 3.94. The molecule has 1 aromatic heterocycles. The van der Waals surface area contributed by atoms with E-state index in [2.05, 4.69) is 9.88 Å². The minimum Gasteiger partial charge on any atom is -0.384 e. The lowest BCUT2D eigenvalue weighted by molar-refractivity contribution is -0.132. The number of methoxy groups -OCH3 is 1. The second kappa shape index (κ2) is 7.26. The zero-order valence-corrected chi connectivity index (χ0v) is 12.8. The van der Waals surface area contributed by atoms with Crippen LogP contribution in [0.1, 0.15) is 19.8 Å². The maximum Gasteiger partial charge on any atom is 0.222 e. The number of pyridine rings is 1. The van der Waals surface area contributed by atoms with Gasteiger partial charge in [0.1, 0.15) is 5.82 Å². The van der Waals surface area contributed by atoms with Crippen molar-refractivity contribution < 1.29 is 9.53 Å². The van der Waals surface area contributed by atoms with E-state index >= 15 is 0 Å². The number of amides is 1. The highest BCUT2D eigenvalue weighted by molar-refractivity contribution is 5.76. The molecule has 1 aliphatic heterocycles. The number of nitrogens with zero attached hydrogens (tertiary/aromatic N) is 3. The fourth-order valence-corrected chi connectivity index (χ4v) is 2.40. The molecule has 0 aliphatic carbocycles. The first-order chi connectivity index (χ1) is 10.1. The highest BCUT2D eigenvalue weighted by Gasteiger charge is 2.21. The number of hydrogen-bond acceptors (Lipinski definition) is 5. The Kier molecular flexibility index (Phi) is 5.38. The summed E-state index contributed by atoms with van der Waals surface area (Å²) in [7, 11) is 1.68. The van der Waals surface area contributed by atoms with Crippen molar-refractivity contribution in [3.05, 3.63) is 18.3 Å². The molecule has 6 heteroatoms. The standard InChI is InChI=1S/C15H24N4O2/c1-12(21-2)3-6-15(20)19-9-7-18(8-10-19)13-4-5-14(16)17-11-13/h4-5,11-12H,3,6-10H2,1-2H3,(H2,16,17). The van der Waals surface area contributed by atoms with Crippen LogP contribution < -0.4 is 10.6 Å². The average molecular weight is 292 g/mol. The fourth-order valence-electron chi connectivity index (χ4n) is 2.40. The third-order valence-electron chi connectivity index (χ3n) is 3.94. The maximum atomic E-state index is 12.1. The molecule has 6 nitrogen and oxygen atoms in total. The van der Waals surface area contributed by atoms with E-state index in [1.165, 1.54) is 0 Å². The Hall–Kier alpha value is -1.82. The number of ether oxygens (including phenoxy) is 1. The lowest BCUT2D eigenvalue weighted by Crippen LogP contribution is -2.48. The summed E-state index contributed by atoms with van der Waals surface area (Å²) in [6, 6.07) is 3.78. The van der Waals surface area contributed by atoms with Crippen LogP contribution in [0.3, 0.4) is 0 Å². The maximum absolute atomic E-state index is 12.1. The van der Waals surface area contributed by atoms with Gasteiger partial charge in [-0.05, 0) is 25.5 Å². The minimum atomic E-state index is 0.135. The summed E-state index contributed by atoms with van der Waals surface area (Å²) in [6.45, 7) is 5.16. The zero-order valence-electron chi connectivity index (χ0n) is 12.8. The molecule has 116 valence electrons. The van der Waals surface area contributed by atoms with E-state index in [4.69, 9.17) is 10.5 Å². The predicted octanol–water partition coefficient (Wildman–Crippen LogP) is 1.13. The predicted molar refractivity (Wildman–Crippen MR) is 83.1 cm³/mol. The molecule has 1 unspecified atom stereocenters. The van der Waals surface area contributed by atoms with Crippen molar-refractivity contribution in [1.29, 1.82) is 0 Å². The van der Waals surface area contributed by atoms with Crippen LogP contribution in [0, 0.1) is 0 Å². The Morgan fingerprint density at radius 3 is 2.67 bits per heavy atom. The quantitative estimate of drug-likeness (QED) is 0.881. The number of aromatic nitrogens is 1. The number of piperazine rings is 1. The molecule has 1 aromatic rings. The molecule has 2 heterocycles. The molecule has 1 aliphatic rings. The number of hydrogen-bond donors (Lipinski definition) is 1. The van der Waals surface area contributed by atoms with Crippen molar-refractivity contribution in [2.75, 3.05) is 43.9 Å². The molecule has 0 radical (unpaired) electrons. The normalized spacial score (nSPS) is 16.9. The Morgan fingerprint density at radius 2 is 2.10 bits per heavy atom. The van der Waals surface area contributed by atoms with Gasteiger partial charge in [-0.3, -0.25) is 4.79 Å². The van der Waals surface area contributed by atoms with E-state index in [9.17, 15) is 4.79 Å². The SMILES string of the molecule is COC(C)CCC(=O)N1CCN(c2ccc(N)nc2)CC1. The Balaban J connectivity index is 1.80. The van der Waals surface area contributed by atoms with Crippen molar-refractivity contribution in [3.8, 4) is 0 Å². The molecule has 0 saturated carbocycles. The molecule has 0 aromatic carbocycles. The molecular weight excluding hydrogens is 268 g/mol. The number of nitrogen functional groups attached to an aromatic ring is 1. The summed E-state index contributed by atoms with van der Waals surface area (Å²) in [4.78, 5) is 20.4. The fraction of sp³-hybridized carbons (Fsp3) is 0.600. The number of rotatable bonds is 5. The third kappa shape index (κ3) is 4.32. The summed E-state index contributed by atoms with van der Waals surface area (Å²) in [5.41, 5.74) is 6.65. The zero-order chi connectivity index (χ0) is 15.2. The Bertz CT molecular complexity index is 455. The number of carbonyl (C=O) groups is 1. The van der Waals surface area contributed by atoms with Gasteiger partial charge in [-0.15, -0.1) is 0 Å². The highest BCUT2D eigenvalue weighted by Crippen LogP contribution is 2.16. The van der Waals surface area contributed by atoms with Gasteiger partial charge in [0.25, 0.3) is 0 Å². The molecule has 0 spiro atoms. The molecule has 21 heavy (non-hydrogen) atoms. The smallest absolute Gasteiger partial charge is 0.222 e. The van der Waals surface area contributed by atoms with E-state index in [0.29, 0.717) is 12.2 Å².